The summed E-state index contributed by atoms with van der Waals surface area (Å²) in [5, 5.41) is 5.37. The van der Waals surface area contributed by atoms with Crippen molar-refractivity contribution in [2.24, 2.45) is 0 Å². The van der Waals surface area contributed by atoms with Crippen LogP contribution in [0.15, 0.2) is 18.2 Å². The second kappa shape index (κ2) is 6.23. The Hall–Kier alpha value is -0.280. The van der Waals surface area contributed by atoms with E-state index < -0.39 is 0 Å². The lowest BCUT2D eigenvalue weighted by Gasteiger charge is -2.33. The maximum Gasteiger partial charge on any atom is 0.0465 e. The van der Waals surface area contributed by atoms with Gasteiger partial charge in [0.25, 0.3) is 0 Å². The standard InChI is InChI=1S/C16H22Cl2N2/c17-14-5-3-6-15(18)13(14)11-20-10-4-9-19-16(12-20)7-1-2-8-16/h3,5-6,19H,1-2,4,7-12H2. The predicted octanol–water partition coefficient (Wildman–Crippen LogP) is 4.10. The zero-order chi connectivity index (χ0) is 14.0. The van der Waals surface area contributed by atoms with Gasteiger partial charge in [0.2, 0.25) is 0 Å². The van der Waals surface area contributed by atoms with Crippen LogP contribution in [-0.4, -0.2) is 30.1 Å². The Morgan fingerprint density at radius 3 is 2.50 bits per heavy atom. The van der Waals surface area contributed by atoms with E-state index >= 15 is 0 Å². The first kappa shape index (κ1) is 14.6. The molecule has 3 rings (SSSR count). The number of nitrogens with one attached hydrogen (secondary N) is 1. The summed E-state index contributed by atoms with van der Waals surface area (Å²) in [5.74, 6) is 0. The van der Waals surface area contributed by atoms with Gasteiger partial charge >= 0.3 is 0 Å². The van der Waals surface area contributed by atoms with Gasteiger partial charge in [-0.2, -0.15) is 0 Å². The molecular formula is C16H22Cl2N2. The number of halogens is 2. The lowest BCUT2D eigenvalue weighted by Crippen LogP contribution is -2.49. The molecule has 0 unspecified atom stereocenters. The molecule has 1 aliphatic heterocycles. The molecule has 0 bridgehead atoms. The highest BCUT2D eigenvalue weighted by Gasteiger charge is 2.36. The van der Waals surface area contributed by atoms with Gasteiger partial charge in [0, 0.05) is 34.2 Å². The van der Waals surface area contributed by atoms with E-state index in [2.05, 4.69) is 10.2 Å². The summed E-state index contributed by atoms with van der Waals surface area (Å²) in [5.41, 5.74) is 1.41. The van der Waals surface area contributed by atoms with Gasteiger partial charge < -0.3 is 5.32 Å². The number of rotatable bonds is 2. The lowest BCUT2D eigenvalue weighted by molar-refractivity contribution is 0.203. The van der Waals surface area contributed by atoms with Gasteiger partial charge in [-0.15, -0.1) is 0 Å². The van der Waals surface area contributed by atoms with Crippen molar-refractivity contribution in [2.75, 3.05) is 19.6 Å². The monoisotopic (exact) mass is 312 g/mol. The van der Waals surface area contributed by atoms with Crippen LogP contribution in [0, 0.1) is 0 Å². The van der Waals surface area contributed by atoms with Crippen LogP contribution in [-0.2, 0) is 6.54 Å². The third kappa shape index (κ3) is 3.14. The van der Waals surface area contributed by atoms with Crippen molar-refractivity contribution in [1.29, 1.82) is 0 Å². The van der Waals surface area contributed by atoms with E-state index in [0.29, 0.717) is 5.54 Å². The molecule has 20 heavy (non-hydrogen) atoms. The van der Waals surface area contributed by atoms with Crippen LogP contribution in [0.1, 0.15) is 37.7 Å². The molecule has 1 aromatic rings. The molecule has 1 aliphatic carbocycles. The first-order valence-electron chi connectivity index (χ1n) is 7.59. The summed E-state index contributed by atoms with van der Waals surface area (Å²) < 4.78 is 0. The minimum atomic E-state index is 0.338. The molecule has 0 aromatic heterocycles. The van der Waals surface area contributed by atoms with Gasteiger partial charge in [-0.05, 0) is 44.5 Å². The van der Waals surface area contributed by atoms with Crippen molar-refractivity contribution in [1.82, 2.24) is 10.2 Å². The Kier molecular flexibility index (Phi) is 4.56. The molecule has 2 nitrogen and oxygen atoms in total. The topological polar surface area (TPSA) is 15.3 Å². The van der Waals surface area contributed by atoms with Crippen molar-refractivity contribution in [3.05, 3.63) is 33.8 Å². The van der Waals surface area contributed by atoms with E-state index in [-0.39, 0.29) is 0 Å². The van der Waals surface area contributed by atoms with Gasteiger partial charge in [-0.1, -0.05) is 42.1 Å². The number of benzene rings is 1. The molecule has 4 heteroatoms. The SMILES string of the molecule is Clc1cccc(Cl)c1CN1CCCNC2(CCCC2)C1. The quantitative estimate of drug-likeness (QED) is 0.884. The maximum atomic E-state index is 6.31. The summed E-state index contributed by atoms with van der Waals surface area (Å²) in [6.07, 6.45) is 6.52. The molecule has 1 spiro atoms. The van der Waals surface area contributed by atoms with E-state index in [4.69, 9.17) is 23.2 Å². The largest absolute Gasteiger partial charge is 0.310 e. The summed E-state index contributed by atoms with van der Waals surface area (Å²) >= 11 is 12.6. The minimum Gasteiger partial charge on any atom is -0.310 e. The molecule has 2 fully saturated rings. The van der Waals surface area contributed by atoms with Crippen molar-refractivity contribution in [3.63, 3.8) is 0 Å². The van der Waals surface area contributed by atoms with E-state index in [0.717, 1.165) is 41.8 Å². The fourth-order valence-corrected chi connectivity index (χ4v) is 4.16. The van der Waals surface area contributed by atoms with Gasteiger partial charge in [0.15, 0.2) is 0 Å². The first-order valence-corrected chi connectivity index (χ1v) is 8.34. The second-order valence-corrected chi connectivity index (χ2v) is 6.99. The van der Waals surface area contributed by atoms with Crippen molar-refractivity contribution >= 4 is 23.2 Å². The first-order chi connectivity index (χ1) is 9.69. The molecule has 0 radical (unpaired) electrons. The Bertz CT molecular complexity index is 449. The van der Waals surface area contributed by atoms with Crippen LogP contribution in [0.4, 0.5) is 0 Å². The number of hydrogen-bond acceptors (Lipinski definition) is 2. The molecule has 0 atom stereocenters. The van der Waals surface area contributed by atoms with Crippen LogP contribution in [0.3, 0.4) is 0 Å². The normalized spacial score (nSPS) is 23.1. The lowest BCUT2D eigenvalue weighted by atomic mass is 9.97. The molecule has 1 saturated carbocycles. The van der Waals surface area contributed by atoms with Crippen LogP contribution in [0.5, 0.6) is 0 Å². The van der Waals surface area contributed by atoms with Crippen molar-refractivity contribution in [3.8, 4) is 0 Å². The summed E-state index contributed by atoms with van der Waals surface area (Å²) in [4.78, 5) is 2.53. The van der Waals surface area contributed by atoms with Gasteiger partial charge in [-0.25, -0.2) is 0 Å². The van der Waals surface area contributed by atoms with E-state index in [1.54, 1.807) is 0 Å². The third-order valence-electron chi connectivity index (χ3n) is 4.68. The fraction of sp³-hybridized carbons (Fsp3) is 0.625. The van der Waals surface area contributed by atoms with Crippen molar-refractivity contribution in [2.45, 2.75) is 44.2 Å². The molecule has 1 heterocycles. The Balaban J connectivity index is 1.75. The Morgan fingerprint density at radius 1 is 1.10 bits per heavy atom. The van der Waals surface area contributed by atoms with Crippen molar-refractivity contribution < 1.29 is 0 Å². The fourth-order valence-electron chi connectivity index (χ4n) is 3.65. The average molecular weight is 313 g/mol. The molecule has 1 N–H and O–H groups in total. The molecular weight excluding hydrogens is 291 g/mol. The Morgan fingerprint density at radius 2 is 1.80 bits per heavy atom. The number of nitrogens with zero attached hydrogens (tertiary/aromatic N) is 1. The van der Waals surface area contributed by atoms with E-state index in [1.165, 1.54) is 32.1 Å². The maximum absolute atomic E-state index is 6.31. The zero-order valence-electron chi connectivity index (χ0n) is 11.8. The molecule has 110 valence electrons. The number of hydrogen-bond donors (Lipinski definition) is 1. The average Bonchev–Trinajstić information content (AvgIpc) is 2.77. The highest BCUT2D eigenvalue weighted by Crippen LogP contribution is 2.33. The smallest absolute Gasteiger partial charge is 0.0465 e. The van der Waals surface area contributed by atoms with Crippen LogP contribution in [0.25, 0.3) is 0 Å². The van der Waals surface area contributed by atoms with Crippen LogP contribution < -0.4 is 5.32 Å². The predicted molar refractivity (Wildman–Crippen MR) is 85.6 cm³/mol. The van der Waals surface area contributed by atoms with Crippen LogP contribution >= 0.6 is 23.2 Å². The van der Waals surface area contributed by atoms with Gasteiger partial charge in [0.05, 0.1) is 0 Å². The highest BCUT2D eigenvalue weighted by atomic mass is 35.5. The third-order valence-corrected chi connectivity index (χ3v) is 5.39. The molecule has 1 aromatic carbocycles. The van der Waals surface area contributed by atoms with Crippen LogP contribution in [0.2, 0.25) is 10.0 Å². The second-order valence-electron chi connectivity index (χ2n) is 6.18. The molecule has 1 saturated heterocycles. The summed E-state index contributed by atoms with van der Waals surface area (Å²) in [6.45, 7) is 4.24. The minimum absolute atomic E-state index is 0.338. The van der Waals surface area contributed by atoms with E-state index in [1.807, 2.05) is 18.2 Å². The summed E-state index contributed by atoms with van der Waals surface area (Å²) in [7, 11) is 0. The van der Waals surface area contributed by atoms with Gasteiger partial charge in [0.1, 0.15) is 0 Å². The summed E-state index contributed by atoms with van der Waals surface area (Å²) in [6, 6.07) is 5.78. The van der Waals surface area contributed by atoms with Gasteiger partial charge in [-0.3, -0.25) is 4.90 Å². The van der Waals surface area contributed by atoms with E-state index in [9.17, 15) is 0 Å². The molecule has 2 aliphatic rings. The zero-order valence-corrected chi connectivity index (χ0v) is 13.3. The Labute approximate surface area is 131 Å². The molecule has 0 amide bonds. The highest BCUT2D eigenvalue weighted by molar-refractivity contribution is 6.35.